The van der Waals surface area contributed by atoms with Crippen molar-refractivity contribution in [2.24, 2.45) is 0 Å². The van der Waals surface area contributed by atoms with Gasteiger partial charge >= 0.3 is 0 Å². The molecule has 2 N–H and O–H groups in total. The van der Waals surface area contributed by atoms with Gasteiger partial charge in [-0.25, -0.2) is 0 Å². The summed E-state index contributed by atoms with van der Waals surface area (Å²) in [5.41, 5.74) is 1.39. The molecule has 15 heavy (non-hydrogen) atoms. The van der Waals surface area contributed by atoms with E-state index < -0.39 is 0 Å². The minimum Gasteiger partial charge on any atom is -0.340 e. The molecule has 1 heterocycles. The number of hydrogen-bond donors (Lipinski definition) is 2. The zero-order valence-corrected chi connectivity index (χ0v) is 9.50. The molecule has 5 nitrogen and oxygen atoms in total. The van der Waals surface area contributed by atoms with E-state index in [1.165, 1.54) is 0 Å². The van der Waals surface area contributed by atoms with Crippen LogP contribution in [0.25, 0.3) is 0 Å². The molecule has 0 radical (unpaired) electrons. The van der Waals surface area contributed by atoms with Crippen molar-refractivity contribution < 1.29 is 4.79 Å². The Balaban J connectivity index is 2.46. The maximum absolute atomic E-state index is 11.8. The largest absolute Gasteiger partial charge is 0.340 e. The van der Waals surface area contributed by atoms with Crippen molar-refractivity contribution in [2.45, 2.75) is 13.3 Å². The highest BCUT2D eigenvalue weighted by Crippen LogP contribution is 2.02. The highest BCUT2D eigenvalue weighted by Gasteiger charge is 2.13. The number of H-pyrrole nitrogens is 1. The zero-order chi connectivity index (χ0) is 11.3. The second-order valence-electron chi connectivity index (χ2n) is 3.62. The molecule has 0 aliphatic carbocycles. The number of nitrogens with one attached hydrogen (secondary N) is 2. The fourth-order valence-corrected chi connectivity index (χ4v) is 1.32. The Labute approximate surface area is 89.9 Å². The van der Waals surface area contributed by atoms with E-state index in [0.717, 1.165) is 25.2 Å². The van der Waals surface area contributed by atoms with Gasteiger partial charge < -0.3 is 10.2 Å². The molecule has 0 saturated carbocycles. The van der Waals surface area contributed by atoms with E-state index in [9.17, 15) is 4.79 Å². The lowest BCUT2D eigenvalue weighted by Crippen LogP contribution is -2.29. The van der Waals surface area contributed by atoms with Crippen LogP contribution in [0.1, 0.15) is 22.6 Å². The highest BCUT2D eigenvalue weighted by molar-refractivity contribution is 5.92. The number of carbonyl (C=O) groups excluding carboxylic acids is 1. The minimum atomic E-state index is -0.0320. The number of aromatic nitrogens is 2. The molecule has 0 spiro atoms. The van der Waals surface area contributed by atoms with E-state index in [4.69, 9.17) is 0 Å². The number of aromatic amines is 1. The van der Waals surface area contributed by atoms with Gasteiger partial charge in [-0.05, 0) is 33.0 Å². The fourth-order valence-electron chi connectivity index (χ4n) is 1.32. The van der Waals surface area contributed by atoms with Crippen LogP contribution in [-0.4, -0.2) is 48.2 Å². The molecular weight excluding hydrogens is 192 g/mol. The minimum absolute atomic E-state index is 0.0320. The number of hydrogen-bond acceptors (Lipinski definition) is 3. The normalized spacial score (nSPS) is 10.3. The van der Waals surface area contributed by atoms with E-state index in [2.05, 4.69) is 15.5 Å². The summed E-state index contributed by atoms with van der Waals surface area (Å²) in [6, 6.07) is 1.76. The molecule has 1 aromatic rings. The molecular formula is C10H18N4O. The predicted octanol–water partition coefficient (Wildman–Crippen LogP) is 0.400. The molecule has 0 aliphatic rings. The van der Waals surface area contributed by atoms with Crippen molar-refractivity contribution in [2.75, 3.05) is 27.2 Å². The highest BCUT2D eigenvalue weighted by atomic mass is 16.2. The summed E-state index contributed by atoms with van der Waals surface area (Å²) in [4.78, 5) is 13.5. The molecule has 0 unspecified atom stereocenters. The topological polar surface area (TPSA) is 61.0 Å². The van der Waals surface area contributed by atoms with Crippen molar-refractivity contribution >= 4 is 5.91 Å². The van der Waals surface area contributed by atoms with Gasteiger partial charge in [-0.15, -0.1) is 0 Å². The third-order valence-electron chi connectivity index (χ3n) is 2.19. The van der Waals surface area contributed by atoms with Gasteiger partial charge in [0.15, 0.2) is 0 Å². The van der Waals surface area contributed by atoms with Gasteiger partial charge in [0, 0.05) is 19.3 Å². The summed E-state index contributed by atoms with van der Waals surface area (Å²) < 4.78 is 0. The quantitative estimate of drug-likeness (QED) is 0.691. The van der Waals surface area contributed by atoms with E-state index in [1.807, 2.05) is 14.0 Å². The number of aryl methyl sites for hydroxylation is 1. The SMILES string of the molecule is CNCCCN(C)C(=O)c1cc(C)[nH]n1. The standard InChI is InChI=1S/C10H18N4O/c1-8-7-9(13-12-8)10(15)14(3)6-4-5-11-2/h7,11H,4-6H2,1-3H3,(H,12,13). The first-order valence-corrected chi connectivity index (χ1v) is 5.07. The van der Waals surface area contributed by atoms with Crippen LogP contribution in [0.4, 0.5) is 0 Å². The fraction of sp³-hybridized carbons (Fsp3) is 0.600. The summed E-state index contributed by atoms with van der Waals surface area (Å²) in [5, 5.41) is 9.74. The van der Waals surface area contributed by atoms with Crippen LogP contribution in [0.15, 0.2) is 6.07 Å². The Morgan fingerprint density at radius 3 is 2.93 bits per heavy atom. The van der Waals surface area contributed by atoms with Crippen molar-refractivity contribution in [1.29, 1.82) is 0 Å². The van der Waals surface area contributed by atoms with Gasteiger partial charge in [-0.1, -0.05) is 0 Å². The monoisotopic (exact) mass is 210 g/mol. The van der Waals surface area contributed by atoms with Crippen LogP contribution in [0.2, 0.25) is 0 Å². The zero-order valence-electron chi connectivity index (χ0n) is 9.50. The lowest BCUT2D eigenvalue weighted by molar-refractivity contribution is 0.0788. The lowest BCUT2D eigenvalue weighted by Gasteiger charge is -2.15. The Bertz CT molecular complexity index is 321. The lowest BCUT2D eigenvalue weighted by atomic mass is 10.3. The first-order chi connectivity index (χ1) is 7.15. The number of nitrogens with zero attached hydrogens (tertiary/aromatic N) is 2. The van der Waals surface area contributed by atoms with Crippen LogP contribution >= 0.6 is 0 Å². The molecule has 0 fully saturated rings. The first-order valence-electron chi connectivity index (χ1n) is 5.07. The van der Waals surface area contributed by atoms with E-state index >= 15 is 0 Å². The van der Waals surface area contributed by atoms with Gasteiger partial charge in [0.1, 0.15) is 5.69 Å². The van der Waals surface area contributed by atoms with Gasteiger partial charge in [-0.2, -0.15) is 5.10 Å². The summed E-state index contributed by atoms with van der Waals surface area (Å²) >= 11 is 0. The Hall–Kier alpha value is -1.36. The van der Waals surface area contributed by atoms with Crippen LogP contribution in [0, 0.1) is 6.92 Å². The third kappa shape index (κ3) is 3.36. The summed E-state index contributed by atoms with van der Waals surface area (Å²) in [6.45, 7) is 3.54. The molecule has 1 amide bonds. The van der Waals surface area contributed by atoms with Crippen molar-refractivity contribution in [3.63, 3.8) is 0 Å². The number of rotatable bonds is 5. The average Bonchev–Trinajstić information content (AvgIpc) is 2.64. The summed E-state index contributed by atoms with van der Waals surface area (Å²) in [7, 11) is 3.70. The molecule has 0 aliphatic heterocycles. The Morgan fingerprint density at radius 2 is 2.40 bits per heavy atom. The summed E-state index contributed by atoms with van der Waals surface area (Å²) in [5.74, 6) is -0.0320. The smallest absolute Gasteiger partial charge is 0.274 e. The maximum Gasteiger partial charge on any atom is 0.274 e. The number of carbonyl (C=O) groups is 1. The second-order valence-corrected chi connectivity index (χ2v) is 3.62. The molecule has 1 rings (SSSR count). The molecule has 0 aromatic carbocycles. The van der Waals surface area contributed by atoms with Crippen LogP contribution < -0.4 is 5.32 Å². The summed E-state index contributed by atoms with van der Waals surface area (Å²) in [6.07, 6.45) is 0.947. The van der Waals surface area contributed by atoms with E-state index in [0.29, 0.717) is 5.69 Å². The van der Waals surface area contributed by atoms with Gasteiger partial charge in [0.25, 0.3) is 5.91 Å². The first kappa shape index (κ1) is 11.7. The maximum atomic E-state index is 11.8. The third-order valence-corrected chi connectivity index (χ3v) is 2.19. The van der Waals surface area contributed by atoms with Gasteiger partial charge in [-0.3, -0.25) is 9.89 Å². The van der Waals surface area contributed by atoms with Crippen LogP contribution in [-0.2, 0) is 0 Å². The molecule has 0 atom stereocenters. The van der Waals surface area contributed by atoms with Gasteiger partial charge in [0.2, 0.25) is 0 Å². The van der Waals surface area contributed by atoms with Crippen molar-refractivity contribution in [3.05, 3.63) is 17.5 Å². The van der Waals surface area contributed by atoms with E-state index in [-0.39, 0.29) is 5.91 Å². The molecule has 84 valence electrons. The predicted molar refractivity (Wildman–Crippen MR) is 58.8 cm³/mol. The second kappa shape index (κ2) is 5.50. The van der Waals surface area contributed by atoms with E-state index in [1.54, 1.807) is 18.0 Å². The molecule has 0 saturated heterocycles. The van der Waals surface area contributed by atoms with Crippen LogP contribution in [0.3, 0.4) is 0 Å². The Morgan fingerprint density at radius 1 is 1.67 bits per heavy atom. The average molecular weight is 210 g/mol. The van der Waals surface area contributed by atoms with Crippen molar-refractivity contribution in [1.82, 2.24) is 20.4 Å². The van der Waals surface area contributed by atoms with Crippen LogP contribution in [0.5, 0.6) is 0 Å². The van der Waals surface area contributed by atoms with Gasteiger partial charge in [0.05, 0.1) is 0 Å². The number of amides is 1. The molecule has 0 bridgehead atoms. The molecule has 1 aromatic heterocycles. The molecule has 5 heteroatoms. The Kier molecular flexibility index (Phi) is 4.30. The van der Waals surface area contributed by atoms with Crippen molar-refractivity contribution in [3.8, 4) is 0 Å².